The van der Waals surface area contributed by atoms with E-state index in [0.29, 0.717) is 51.9 Å². The smallest absolute Gasteiger partial charge is 0.284 e. The molecule has 0 aliphatic carbocycles. The molecule has 0 spiro atoms. The summed E-state index contributed by atoms with van der Waals surface area (Å²) in [5.74, 6) is 0.620. The molecule has 0 saturated carbocycles. The Hall–Kier alpha value is -4.67. The van der Waals surface area contributed by atoms with Crippen LogP contribution in [0.4, 0.5) is 5.82 Å². The minimum Gasteiger partial charge on any atom is -0.345 e. The Morgan fingerprint density at radius 3 is 2.74 bits per heavy atom. The van der Waals surface area contributed by atoms with Gasteiger partial charge in [0.15, 0.2) is 5.82 Å². The third-order valence-electron chi connectivity index (χ3n) is 6.30. The first-order valence-electron chi connectivity index (χ1n) is 10.8. The number of aromatic nitrogens is 6. The predicted octanol–water partition coefficient (Wildman–Crippen LogP) is 3.37. The van der Waals surface area contributed by atoms with Crippen LogP contribution in [0, 0.1) is 28.6 Å². The van der Waals surface area contributed by atoms with Crippen molar-refractivity contribution in [1.82, 2.24) is 29.1 Å². The van der Waals surface area contributed by atoms with Crippen LogP contribution in [0.15, 0.2) is 59.9 Å². The number of nitrogens with zero attached hydrogens (tertiary/aromatic N) is 8. The second-order valence-electron chi connectivity index (χ2n) is 8.26. The number of rotatable bonds is 3. The molecule has 6 rings (SSSR count). The molecule has 1 fully saturated rings. The zero-order chi connectivity index (χ0) is 24.1. The summed E-state index contributed by atoms with van der Waals surface area (Å²) < 4.78 is 3.02. The van der Waals surface area contributed by atoms with Crippen molar-refractivity contribution >= 4 is 34.0 Å². The minimum absolute atomic E-state index is 0.266. The van der Waals surface area contributed by atoms with Gasteiger partial charge in [-0.25, -0.2) is 14.5 Å². The molecule has 5 heterocycles. The van der Waals surface area contributed by atoms with Crippen molar-refractivity contribution in [1.29, 1.82) is 10.5 Å². The molecule has 1 N–H and O–H groups in total. The molecule has 0 radical (unpaired) electrons. The van der Waals surface area contributed by atoms with Crippen molar-refractivity contribution in [2.45, 2.75) is 12.5 Å². The van der Waals surface area contributed by atoms with Gasteiger partial charge in [0, 0.05) is 18.9 Å². The molecule has 4 aromatic heterocycles. The summed E-state index contributed by atoms with van der Waals surface area (Å²) in [5.41, 5.74) is 1.50. The van der Waals surface area contributed by atoms with E-state index in [-0.39, 0.29) is 17.0 Å². The maximum Gasteiger partial charge on any atom is 0.284 e. The molecule has 0 amide bonds. The summed E-state index contributed by atoms with van der Waals surface area (Å²) in [6.45, 7) is 0.360. The van der Waals surface area contributed by atoms with E-state index in [2.05, 4.69) is 27.1 Å². The van der Waals surface area contributed by atoms with Crippen LogP contribution < -0.4 is 10.5 Å². The first kappa shape index (κ1) is 20.9. The molecule has 10 nitrogen and oxygen atoms in total. The van der Waals surface area contributed by atoms with E-state index < -0.39 is 6.04 Å². The Morgan fingerprint density at radius 1 is 1.14 bits per heavy atom. The maximum atomic E-state index is 13.7. The van der Waals surface area contributed by atoms with Crippen LogP contribution in [0.3, 0.4) is 0 Å². The van der Waals surface area contributed by atoms with Crippen molar-refractivity contribution in [3.05, 3.63) is 81.9 Å². The first-order chi connectivity index (χ1) is 17.1. The highest BCUT2D eigenvalue weighted by Gasteiger charge is 2.39. The maximum absolute atomic E-state index is 13.7. The van der Waals surface area contributed by atoms with E-state index in [9.17, 15) is 15.3 Å². The summed E-state index contributed by atoms with van der Waals surface area (Å²) in [6, 6.07) is 14.9. The van der Waals surface area contributed by atoms with E-state index in [1.807, 2.05) is 35.2 Å². The predicted molar refractivity (Wildman–Crippen MR) is 128 cm³/mol. The molecule has 11 heteroatoms. The second kappa shape index (κ2) is 7.97. The molecule has 170 valence electrons. The number of hydrogen-bond acceptors (Lipinski definition) is 7. The molecule has 0 bridgehead atoms. The SMILES string of the molecule is N#Cc1c[nH]c2ncnc(N3C[C@@H](C#N)C[C@H]3c3nn4ccc(Cl)c4c(=O)n3-c3ccccc3)c12. The van der Waals surface area contributed by atoms with Gasteiger partial charge in [0.1, 0.15) is 29.4 Å². The summed E-state index contributed by atoms with van der Waals surface area (Å²) in [5, 5.41) is 25.1. The van der Waals surface area contributed by atoms with Gasteiger partial charge in [0.2, 0.25) is 0 Å². The Bertz CT molecular complexity index is 1740. The van der Waals surface area contributed by atoms with Gasteiger partial charge in [0.25, 0.3) is 5.56 Å². The van der Waals surface area contributed by atoms with Crippen LogP contribution >= 0.6 is 11.6 Å². The minimum atomic E-state index is -0.474. The third kappa shape index (κ3) is 3.15. The summed E-state index contributed by atoms with van der Waals surface area (Å²) in [7, 11) is 0. The van der Waals surface area contributed by atoms with Crippen LogP contribution in [0.2, 0.25) is 5.02 Å². The van der Waals surface area contributed by atoms with E-state index in [1.54, 1.807) is 23.0 Å². The summed E-state index contributed by atoms with van der Waals surface area (Å²) in [6.07, 6.45) is 5.07. The van der Waals surface area contributed by atoms with Gasteiger partial charge in [-0.2, -0.15) is 15.6 Å². The summed E-state index contributed by atoms with van der Waals surface area (Å²) in [4.78, 5) is 27.4. The molecule has 1 aliphatic heterocycles. The lowest BCUT2D eigenvalue weighted by Crippen LogP contribution is -2.33. The number of fused-ring (bicyclic) bond motifs is 2. The van der Waals surface area contributed by atoms with Crippen LogP contribution in [0.5, 0.6) is 0 Å². The quantitative estimate of drug-likeness (QED) is 0.417. The van der Waals surface area contributed by atoms with Crippen LogP contribution in [0.1, 0.15) is 23.9 Å². The van der Waals surface area contributed by atoms with E-state index >= 15 is 0 Å². The zero-order valence-electron chi connectivity index (χ0n) is 18.1. The van der Waals surface area contributed by atoms with Crippen LogP contribution in [-0.2, 0) is 0 Å². The van der Waals surface area contributed by atoms with E-state index in [1.165, 1.54) is 10.8 Å². The zero-order valence-corrected chi connectivity index (χ0v) is 18.9. The van der Waals surface area contributed by atoms with Gasteiger partial charge < -0.3 is 9.88 Å². The molecule has 1 aliphatic rings. The van der Waals surface area contributed by atoms with Crippen molar-refractivity contribution < 1.29 is 0 Å². The molecule has 5 aromatic rings. The average molecular weight is 482 g/mol. The molecular formula is C24H16ClN9O. The lowest BCUT2D eigenvalue weighted by atomic mass is 10.1. The van der Waals surface area contributed by atoms with E-state index in [4.69, 9.17) is 16.7 Å². The monoisotopic (exact) mass is 481 g/mol. The average Bonchev–Trinajstić information content (AvgIpc) is 3.60. The van der Waals surface area contributed by atoms with Crippen LogP contribution in [-0.4, -0.2) is 35.7 Å². The highest BCUT2D eigenvalue weighted by Crippen LogP contribution is 2.40. The lowest BCUT2D eigenvalue weighted by Gasteiger charge is -2.27. The molecule has 1 aromatic carbocycles. The number of nitriles is 2. The van der Waals surface area contributed by atoms with Crippen molar-refractivity contribution in [3.8, 4) is 17.8 Å². The highest BCUT2D eigenvalue weighted by atomic mass is 35.5. The Labute approximate surface area is 203 Å². The molecular weight excluding hydrogens is 466 g/mol. The number of para-hydroxylation sites is 1. The van der Waals surface area contributed by atoms with Crippen LogP contribution in [0.25, 0.3) is 22.2 Å². The fourth-order valence-corrected chi connectivity index (χ4v) is 4.97. The number of benzene rings is 1. The fraction of sp³-hybridized carbons (Fsp3) is 0.167. The van der Waals surface area contributed by atoms with Gasteiger partial charge in [-0.05, 0) is 24.6 Å². The standard InChI is InChI=1S/C24H16ClN9O/c25-17-6-7-33-20(17)24(35)34(16-4-2-1-3-5-16)22(31-33)18-8-14(9-26)12-32(18)23-19-15(10-27)11-28-21(19)29-13-30-23/h1-7,11,13-14,18H,8,12H2,(H,28,29,30)/t14-,18+/m1/s1. The molecule has 2 atom stereocenters. The van der Waals surface area contributed by atoms with Crippen molar-refractivity contribution in [2.75, 3.05) is 11.4 Å². The Balaban J connectivity index is 1.63. The second-order valence-corrected chi connectivity index (χ2v) is 8.66. The van der Waals surface area contributed by atoms with Crippen molar-refractivity contribution in [2.24, 2.45) is 5.92 Å². The topological polar surface area (TPSA) is 132 Å². The molecule has 0 unspecified atom stereocenters. The van der Waals surface area contributed by atoms with Crippen molar-refractivity contribution in [3.63, 3.8) is 0 Å². The fourth-order valence-electron chi connectivity index (χ4n) is 4.75. The number of aromatic amines is 1. The van der Waals surface area contributed by atoms with Gasteiger partial charge in [-0.15, -0.1) is 0 Å². The number of hydrogen-bond donors (Lipinski definition) is 1. The van der Waals surface area contributed by atoms with Gasteiger partial charge in [-0.1, -0.05) is 29.8 Å². The molecule has 35 heavy (non-hydrogen) atoms. The number of H-pyrrole nitrogens is 1. The third-order valence-corrected chi connectivity index (χ3v) is 6.61. The first-order valence-corrected chi connectivity index (χ1v) is 11.2. The largest absolute Gasteiger partial charge is 0.345 e. The normalized spacial score (nSPS) is 17.6. The number of anilines is 1. The number of nitrogens with one attached hydrogen (secondary N) is 1. The Kier molecular flexibility index (Phi) is 4.76. The van der Waals surface area contributed by atoms with E-state index in [0.717, 1.165) is 0 Å². The lowest BCUT2D eigenvalue weighted by molar-refractivity contribution is 0.587. The van der Waals surface area contributed by atoms with Gasteiger partial charge >= 0.3 is 0 Å². The summed E-state index contributed by atoms with van der Waals surface area (Å²) >= 11 is 6.33. The highest BCUT2D eigenvalue weighted by molar-refractivity contribution is 6.33. The van der Waals surface area contributed by atoms with Gasteiger partial charge in [0.05, 0.1) is 39.7 Å². The number of halogens is 1. The van der Waals surface area contributed by atoms with Gasteiger partial charge in [-0.3, -0.25) is 9.36 Å². The molecule has 1 saturated heterocycles. The Morgan fingerprint density at radius 2 is 1.97 bits per heavy atom.